The van der Waals surface area contributed by atoms with Crippen LogP contribution in [0.2, 0.25) is 5.02 Å². The second kappa shape index (κ2) is 10.7. The molecule has 2 unspecified atom stereocenters. The highest BCUT2D eigenvalue weighted by molar-refractivity contribution is 6.36. The van der Waals surface area contributed by atoms with Gasteiger partial charge in [-0.2, -0.15) is 15.2 Å². The summed E-state index contributed by atoms with van der Waals surface area (Å²) in [7, 11) is 2.14. The Hall–Kier alpha value is -3.44. The number of hydrogen-bond donors (Lipinski definition) is 1. The molecule has 2 aliphatic heterocycles. The fourth-order valence-corrected chi connectivity index (χ4v) is 6.01. The molecule has 8 heteroatoms. The zero-order valence-corrected chi connectivity index (χ0v) is 22.3. The summed E-state index contributed by atoms with van der Waals surface area (Å²) in [6.45, 7) is 3.98. The highest BCUT2D eigenvalue weighted by atomic mass is 35.5. The van der Waals surface area contributed by atoms with Crippen LogP contribution in [0.1, 0.15) is 19.3 Å². The Kier molecular flexibility index (Phi) is 7.03. The maximum atomic E-state index is 9.25. The van der Waals surface area contributed by atoms with Crippen LogP contribution in [0.3, 0.4) is 0 Å². The summed E-state index contributed by atoms with van der Waals surface area (Å²) in [4.78, 5) is 14.4. The number of nitrogens with zero attached hydrogens (tertiary/aromatic N) is 5. The van der Waals surface area contributed by atoms with Crippen LogP contribution in [0.4, 0.5) is 5.82 Å². The number of anilines is 1. The SMILES string of the molecule is CN1CCCC1COc1nc(N2CCNC(CC#N)C2)c2ccc(-c3cccc4cccc(Cl)c34)cc2n1. The minimum atomic E-state index is 0.104. The van der Waals surface area contributed by atoms with E-state index >= 15 is 0 Å². The lowest BCUT2D eigenvalue weighted by Crippen LogP contribution is -2.51. The molecular formula is C30H31ClN6O. The van der Waals surface area contributed by atoms with Crippen LogP contribution in [0.5, 0.6) is 6.01 Å². The molecule has 3 aromatic carbocycles. The topological polar surface area (TPSA) is 77.3 Å². The molecule has 194 valence electrons. The van der Waals surface area contributed by atoms with Gasteiger partial charge in [-0.05, 0) is 61.1 Å². The number of nitrogens with one attached hydrogen (secondary N) is 1. The van der Waals surface area contributed by atoms with Gasteiger partial charge in [-0.15, -0.1) is 0 Å². The fourth-order valence-electron chi connectivity index (χ4n) is 5.73. The molecule has 0 bridgehead atoms. The molecule has 0 radical (unpaired) electrons. The van der Waals surface area contributed by atoms with E-state index in [0.717, 1.165) is 69.7 Å². The summed E-state index contributed by atoms with van der Waals surface area (Å²) >= 11 is 6.65. The van der Waals surface area contributed by atoms with Crippen LogP contribution in [0.25, 0.3) is 32.8 Å². The molecular weight excluding hydrogens is 496 g/mol. The third kappa shape index (κ3) is 4.88. The van der Waals surface area contributed by atoms with Gasteiger partial charge in [0.2, 0.25) is 0 Å². The molecule has 0 amide bonds. The lowest BCUT2D eigenvalue weighted by atomic mass is 9.97. The smallest absolute Gasteiger partial charge is 0.319 e. The van der Waals surface area contributed by atoms with Crippen molar-refractivity contribution in [3.8, 4) is 23.2 Å². The van der Waals surface area contributed by atoms with Gasteiger partial charge < -0.3 is 19.9 Å². The standard InChI is InChI=1S/C30H31ClN6O/c1-36-15-4-7-23(36)19-38-30-34-27-17-21(24-8-2-5-20-6-3-9-26(31)28(20)24)10-11-25(27)29(35-30)37-16-14-33-22(18-37)12-13-32/h2-3,5-6,8-11,17,22-23,33H,4,7,12,14-16,18-19H2,1H3. The van der Waals surface area contributed by atoms with Crippen LogP contribution in [-0.4, -0.2) is 66.8 Å². The third-order valence-electron chi connectivity index (χ3n) is 7.79. The second-order valence-corrected chi connectivity index (χ2v) is 10.7. The Morgan fingerprint density at radius 2 is 2.00 bits per heavy atom. The summed E-state index contributed by atoms with van der Waals surface area (Å²) in [6, 6.07) is 21.8. The number of ether oxygens (including phenoxy) is 1. The number of piperazine rings is 1. The maximum absolute atomic E-state index is 9.25. The van der Waals surface area contributed by atoms with Crippen molar-refractivity contribution in [3.63, 3.8) is 0 Å². The number of hydrogen-bond acceptors (Lipinski definition) is 7. The minimum Gasteiger partial charge on any atom is -0.462 e. The third-order valence-corrected chi connectivity index (χ3v) is 8.11. The van der Waals surface area contributed by atoms with Gasteiger partial charge in [0.15, 0.2) is 0 Å². The Morgan fingerprint density at radius 3 is 2.82 bits per heavy atom. The van der Waals surface area contributed by atoms with E-state index in [2.05, 4.69) is 70.7 Å². The summed E-state index contributed by atoms with van der Waals surface area (Å²) in [6.07, 6.45) is 2.77. The Balaban J connectivity index is 1.43. The summed E-state index contributed by atoms with van der Waals surface area (Å²) in [5.74, 6) is 0.858. The van der Waals surface area contributed by atoms with Gasteiger partial charge in [0.1, 0.15) is 12.4 Å². The van der Waals surface area contributed by atoms with Crippen LogP contribution in [0.15, 0.2) is 54.6 Å². The van der Waals surface area contributed by atoms with E-state index < -0.39 is 0 Å². The van der Waals surface area contributed by atoms with Crippen molar-refractivity contribution < 1.29 is 4.74 Å². The van der Waals surface area contributed by atoms with Crippen molar-refractivity contribution in [2.24, 2.45) is 0 Å². The van der Waals surface area contributed by atoms with Crippen LogP contribution < -0.4 is 15.0 Å². The average Bonchev–Trinajstić information content (AvgIpc) is 3.35. The molecule has 2 aliphatic rings. The molecule has 38 heavy (non-hydrogen) atoms. The number of likely N-dealkylation sites (tertiary alicyclic amines) is 1. The number of rotatable bonds is 6. The summed E-state index contributed by atoms with van der Waals surface area (Å²) in [5, 5.41) is 16.5. The first-order valence-electron chi connectivity index (χ1n) is 13.3. The first-order chi connectivity index (χ1) is 18.6. The average molecular weight is 527 g/mol. The van der Waals surface area contributed by atoms with Crippen molar-refractivity contribution in [1.29, 1.82) is 5.26 Å². The number of likely N-dealkylation sites (N-methyl/N-ethyl adjacent to an activating group) is 1. The van der Waals surface area contributed by atoms with E-state index in [1.54, 1.807) is 0 Å². The van der Waals surface area contributed by atoms with Crippen molar-refractivity contribution in [3.05, 3.63) is 59.6 Å². The molecule has 7 nitrogen and oxygen atoms in total. The van der Waals surface area contributed by atoms with Gasteiger partial charge >= 0.3 is 6.01 Å². The predicted molar refractivity (Wildman–Crippen MR) is 153 cm³/mol. The van der Waals surface area contributed by atoms with E-state index in [9.17, 15) is 5.26 Å². The quantitative estimate of drug-likeness (QED) is 0.367. The Morgan fingerprint density at radius 1 is 1.13 bits per heavy atom. The zero-order chi connectivity index (χ0) is 26.1. The van der Waals surface area contributed by atoms with Crippen molar-refractivity contribution in [2.45, 2.75) is 31.3 Å². The molecule has 1 N–H and O–H groups in total. The van der Waals surface area contributed by atoms with Crippen molar-refractivity contribution in [1.82, 2.24) is 20.2 Å². The molecule has 0 aliphatic carbocycles. The second-order valence-electron chi connectivity index (χ2n) is 10.3. The molecule has 1 aromatic heterocycles. The van der Waals surface area contributed by atoms with Gasteiger partial charge in [-0.1, -0.05) is 48.0 Å². The van der Waals surface area contributed by atoms with E-state index in [0.29, 0.717) is 31.6 Å². The zero-order valence-electron chi connectivity index (χ0n) is 21.5. The van der Waals surface area contributed by atoms with Gasteiger partial charge in [0, 0.05) is 47.5 Å². The lowest BCUT2D eigenvalue weighted by Gasteiger charge is -2.34. The van der Waals surface area contributed by atoms with Crippen LogP contribution in [0, 0.1) is 11.3 Å². The number of nitriles is 1. The highest BCUT2D eigenvalue weighted by Crippen LogP contribution is 2.36. The maximum Gasteiger partial charge on any atom is 0.319 e. The molecule has 2 saturated heterocycles. The summed E-state index contributed by atoms with van der Waals surface area (Å²) < 4.78 is 6.23. The first kappa shape index (κ1) is 24.9. The molecule has 3 heterocycles. The molecule has 0 saturated carbocycles. The minimum absolute atomic E-state index is 0.104. The van der Waals surface area contributed by atoms with Gasteiger partial charge in [0.05, 0.1) is 18.0 Å². The largest absolute Gasteiger partial charge is 0.462 e. The molecule has 6 rings (SSSR count). The number of aromatic nitrogens is 2. The van der Waals surface area contributed by atoms with E-state index in [-0.39, 0.29) is 6.04 Å². The van der Waals surface area contributed by atoms with Gasteiger partial charge in [-0.25, -0.2) is 0 Å². The van der Waals surface area contributed by atoms with Crippen molar-refractivity contribution in [2.75, 3.05) is 44.7 Å². The van der Waals surface area contributed by atoms with E-state index in [1.165, 1.54) is 6.42 Å². The first-order valence-corrected chi connectivity index (χ1v) is 13.7. The van der Waals surface area contributed by atoms with Gasteiger partial charge in [0.25, 0.3) is 0 Å². The lowest BCUT2D eigenvalue weighted by molar-refractivity contribution is 0.188. The fraction of sp³-hybridized carbons (Fsp3) is 0.367. The highest BCUT2D eigenvalue weighted by Gasteiger charge is 2.25. The van der Waals surface area contributed by atoms with Crippen LogP contribution in [-0.2, 0) is 0 Å². The van der Waals surface area contributed by atoms with Gasteiger partial charge in [-0.3, -0.25) is 0 Å². The molecule has 4 aromatic rings. The predicted octanol–water partition coefficient (Wildman–Crippen LogP) is 5.27. The number of halogens is 1. The molecule has 2 fully saturated rings. The molecule has 2 atom stereocenters. The Labute approximate surface area is 228 Å². The normalized spacial score (nSPS) is 20.2. The van der Waals surface area contributed by atoms with E-state index in [4.69, 9.17) is 26.3 Å². The van der Waals surface area contributed by atoms with Crippen molar-refractivity contribution >= 4 is 39.1 Å². The number of benzene rings is 3. The molecule has 0 spiro atoms. The Bertz CT molecular complexity index is 1510. The summed E-state index contributed by atoms with van der Waals surface area (Å²) in [5.41, 5.74) is 2.95. The monoisotopic (exact) mass is 526 g/mol. The number of fused-ring (bicyclic) bond motifs is 2. The van der Waals surface area contributed by atoms with E-state index in [1.807, 2.05) is 12.1 Å². The van der Waals surface area contributed by atoms with Crippen LogP contribution >= 0.6 is 11.6 Å².